The molecule has 29 heavy (non-hydrogen) atoms. The van der Waals surface area contributed by atoms with Gasteiger partial charge in [-0.2, -0.15) is 0 Å². The van der Waals surface area contributed by atoms with Crippen LogP contribution in [0.4, 0.5) is 0 Å². The van der Waals surface area contributed by atoms with Crippen LogP contribution < -0.4 is 10.6 Å². The zero-order valence-electron chi connectivity index (χ0n) is 17.2. The number of halogens is 1. The molecule has 1 aromatic rings. The fourth-order valence-corrected chi connectivity index (χ4v) is 5.12. The number of hydrogen-bond donors (Lipinski definition) is 2. The lowest BCUT2D eigenvalue weighted by atomic mass is 10.1. The second-order valence-corrected chi connectivity index (χ2v) is 9.80. The van der Waals surface area contributed by atoms with Crippen molar-refractivity contribution in [3.8, 4) is 0 Å². The van der Waals surface area contributed by atoms with Crippen molar-refractivity contribution < 1.29 is 12.8 Å². The van der Waals surface area contributed by atoms with Gasteiger partial charge in [-0.3, -0.25) is 14.8 Å². The molecule has 10 heteroatoms. The average molecular weight is 539 g/mol. The van der Waals surface area contributed by atoms with E-state index in [2.05, 4.69) is 25.4 Å². The number of piperidine rings is 1. The van der Waals surface area contributed by atoms with E-state index in [0.29, 0.717) is 13.1 Å². The van der Waals surface area contributed by atoms with Crippen molar-refractivity contribution in [2.75, 3.05) is 64.4 Å². The quantitative estimate of drug-likeness (QED) is 0.307. The minimum Gasteiger partial charge on any atom is -0.468 e. The Morgan fingerprint density at radius 1 is 1.17 bits per heavy atom. The van der Waals surface area contributed by atoms with E-state index in [9.17, 15) is 8.42 Å². The van der Waals surface area contributed by atoms with Crippen molar-refractivity contribution in [2.24, 2.45) is 4.99 Å². The Labute approximate surface area is 191 Å². The van der Waals surface area contributed by atoms with Crippen molar-refractivity contribution in [2.45, 2.75) is 25.3 Å². The lowest BCUT2D eigenvalue weighted by Gasteiger charge is -2.33. The van der Waals surface area contributed by atoms with Crippen LogP contribution >= 0.6 is 24.0 Å². The molecular weight excluding hydrogens is 505 g/mol. The van der Waals surface area contributed by atoms with Crippen LogP contribution in [0.25, 0.3) is 0 Å². The molecule has 2 saturated heterocycles. The molecule has 2 fully saturated rings. The second-order valence-electron chi connectivity index (χ2n) is 7.50. The molecule has 3 heterocycles. The molecule has 1 aromatic heterocycles. The predicted molar refractivity (Wildman–Crippen MR) is 127 cm³/mol. The fourth-order valence-electron chi connectivity index (χ4n) is 3.84. The third-order valence-corrected chi connectivity index (χ3v) is 7.16. The molecule has 1 atom stereocenters. The first-order valence-corrected chi connectivity index (χ1v) is 12.0. The van der Waals surface area contributed by atoms with Crippen molar-refractivity contribution >= 4 is 39.8 Å². The highest BCUT2D eigenvalue weighted by Crippen LogP contribution is 2.24. The van der Waals surface area contributed by atoms with Crippen LogP contribution in [0.5, 0.6) is 0 Å². The highest BCUT2D eigenvalue weighted by atomic mass is 127. The number of rotatable bonds is 7. The van der Waals surface area contributed by atoms with Crippen molar-refractivity contribution in [3.05, 3.63) is 24.2 Å². The lowest BCUT2D eigenvalue weighted by Crippen LogP contribution is -2.47. The number of likely N-dealkylation sites (tertiary alicyclic amines) is 1. The van der Waals surface area contributed by atoms with Crippen molar-refractivity contribution in [3.63, 3.8) is 0 Å². The van der Waals surface area contributed by atoms with Gasteiger partial charge in [-0.05, 0) is 38.1 Å². The van der Waals surface area contributed by atoms with E-state index < -0.39 is 9.84 Å². The van der Waals surface area contributed by atoms with Gasteiger partial charge >= 0.3 is 0 Å². The molecule has 0 amide bonds. The van der Waals surface area contributed by atoms with Gasteiger partial charge < -0.3 is 15.1 Å². The van der Waals surface area contributed by atoms with Gasteiger partial charge in [0, 0.05) is 39.8 Å². The maximum absolute atomic E-state index is 11.5. The number of nitrogens with one attached hydrogen (secondary N) is 2. The first-order chi connectivity index (χ1) is 13.6. The first kappa shape index (κ1) is 24.4. The first-order valence-electron chi connectivity index (χ1n) is 10.2. The van der Waals surface area contributed by atoms with E-state index in [4.69, 9.17) is 4.42 Å². The minimum absolute atomic E-state index is 0. The van der Waals surface area contributed by atoms with Crippen LogP contribution in [-0.2, 0) is 9.84 Å². The molecule has 0 bridgehead atoms. The summed E-state index contributed by atoms with van der Waals surface area (Å²) in [5.74, 6) is 2.28. The Balaban J connectivity index is 0.00000300. The Kier molecular flexibility index (Phi) is 10.2. The average Bonchev–Trinajstić information content (AvgIpc) is 3.23. The molecule has 0 radical (unpaired) electrons. The summed E-state index contributed by atoms with van der Waals surface area (Å²) in [4.78, 5) is 8.99. The fraction of sp³-hybridized carbons (Fsp3) is 0.737. The van der Waals surface area contributed by atoms with Crippen molar-refractivity contribution in [1.29, 1.82) is 0 Å². The Morgan fingerprint density at radius 3 is 2.52 bits per heavy atom. The number of furan rings is 1. The third-order valence-electron chi connectivity index (χ3n) is 5.55. The van der Waals surface area contributed by atoms with Crippen LogP contribution in [0.3, 0.4) is 0 Å². The number of nitrogens with zero attached hydrogens (tertiary/aromatic N) is 3. The van der Waals surface area contributed by atoms with Crippen molar-refractivity contribution in [1.82, 2.24) is 20.4 Å². The zero-order valence-corrected chi connectivity index (χ0v) is 20.3. The monoisotopic (exact) mass is 539 g/mol. The number of aliphatic imine (C=N–C) groups is 1. The summed E-state index contributed by atoms with van der Waals surface area (Å²) >= 11 is 0. The molecule has 2 N–H and O–H groups in total. The SMILES string of the molecule is CN=C(NCCN1CCS(=O)(=O)CC1)NCC(c1ccco1)N1CCCCC1.I. The molecule has 0 spiro atoms. The molecule has 2 aliphatic heterocycles. The Morgan fingerprint density at radius 2 is 1.90 bits per heavy atom. The number of hydrogen-bond acceptors (Lipinski definition) is 6. The smallest absolute Gasteiger partial charge is 0.191 e. The summed E-state index contributed by atoms with van der Waals surface area (Å²) in [6, 6.07) is 4.18. The van der Waals surface area contributed by atoms with Crippen LogP contribution in [0.15, 0.2) is 27.8 Å². The van der Waals surface area contributed by atoms with E-state index >= 15 is 0 Å². The van der Waals surface area contributed by atoms with Crippen LogP contribution in [0, 0.1) is 0 Å². The maximum Gasteiger partial charge on any atom is 0.191 e. The molecule has 0 saturated carbocycles. The molecule has 3 rings (SSSR count). The summed E-state index contributed by atoms with van der Waals surface area (Å²) in [6.45, 7) is 5.69. The topological polar surface area (TPSA) is 90.2 Å². The van der Waals surface area contributed by atoms with E-state index in [1.807, 2.05) is 12.1 Å². The zero-order chi connectivity index (χ0) is 19.8. The standard InChI is InChI=1S/C19H33N5O3S.HI/c1-20-19(21-7-10-23-11-14-28(25,26)15-12-23)22-16-17(18-6-5-13-27-18)24-8-3-2-4-9-24;/h5-6,13,17H,2-4,7-12,14-16H2,1H3,(H2,20,21,22);1H. The molecular formula is C19H34IN5O3S. The molecule has 2 aliphatic rings. The van der Waals surface area contributed by atoms with E-state index in [1.165, 1.54) is 19.3 Å². The van der Waals surface area contributed by atoms with Crippen LogP contribution in [0.1, 0.15) is 31.1 Å². The number of sulfone groups is 1. The van der Waals surface area contributed by atoms with Crippen LogP contribution in [-0.4, -0.2) is 88.5 Å². The van der Waals surface area contributed by atoms with Gasteiger partial charge in [0.05, 0.1) is 23.8 Å². The minimum atomic E-state index is -2.82. The van der Waals surface area contributed by atoms with E-state index in [1.54, 1.807) is 13.3 Å². The van der Waals surface area contributed by atoms with Gasteiger partial charge in [-0.15, -0.1) is 24.0 Å². The Bertz CT molecular complexity index is 706. The third kappa shape index (κ3) is 7.72. The normalized spacial score (nSPS) is 21.9. The van der Waals surface area contributed by atoms with E-state index in [-0.39, 0.29) is 41.5 Å². The molecule has 0 aliphatic carbocycles. The molecule has 1 unspecified atom stereocenters. The van der Waals surface area contributed by atoms with Gasteiger partial charge in [0.2, 0.25) is 0 Å². The maximum atomic E-state index is 11.5. The Hall–Kier alpha value is -0.850. The van der Waals surface area contributed by atoms with Gasteiger partial charge in [-0.1, -0.05) is 6.42 Å². The largest absolute Gasteiger partial charge is 0.468 e. The highest BCUT2D eigenvalue weighted by molar-refractivity contribution is 14.0. The number of guanidine groups is 1. The lowest BCUT2D eigenvalue weighted by molar-refractivity contribution is 0.146. The van der Waals surface area contributed by atoms with E-state index in [0.717, 1.165) is 44.4 Å². The molecule has 8 nitrogen and oxygen atoms in total. The summed E-state index contributed by atoms with van der Waals surface area (Å²) in [5, 5.41) is 6.77. The van der Waals surface area contributed by atoms with Gasteiger partial charge in [-0.25, -0.2) is 8.42 Å². The van der Waals surface area contributed by atoms with Gasteiger partial charge in [0.15, 0.2) is 15.8 Å². The predicted octanol–water partition coefficient (Wildman–Crippen LogP) is 1.32. The van der Waals surface area contributed by atoms with Gasteiger partial charge in [0.1, 0.15) is 5.76 Å². The highest BCUT2D eigenvalue weighted by Gasteiger charge is 2.25. The molecule has 166 valence electrons. The van der Waals surface area contributed by atoms with Crippen LogP contribution in [0.2, 0.25) is 0 Å². The summed E-state index contributed by atoms with van der Waals surface area (Å²) < 4.78 is 28.7. The summed E-state index contributed by atoms with van der Waals surface area (Å²) in [7, 11) is -1.05. The second kappa shape index (κ2) is 12.1. The summed E-state index contributed by atoms with van der Waals surface area (Å²) in [6.07, 6.45) is 5.50. The van der Waals surface area contributed by atoms with Gasteiger partial charge in [0.25, 0.3) is 0 Å². The summed E-state index contributed by atoms with van der Waals surface area (Å²) in [5.41, 5.74) is 0. The molecule has 0 aromatic carbocycles.